The molecule has 0 aliphatic heterocycles. The number of aromatic nitrogens is 2. The van der Waals surface area contributed by atoms with Gasteiger partial charge in [0.2, 0.25) is 11.8 Å². The maximum Gasteiger partial charge on any atom is 0.248 e. The molecule has 0 bridgehead atoms. The summed E-state index contributed by atoms with van der Waals surface area (Å²) in [6.45, 7) is 0. The van der Waals surface area contributed by atoms with E-state index in [1.54, 1.807) is 6.07 Å². The summed E-state index contributed by atoms with van der Waals surface area (Å²) in [6.07, 6.45) is 0. The van der Waals surface area contributed by atoms with Crippen molar-refractivity contribution in [3.63, 3.8) is 0 Å². The highest BCUT2D eigenvalue weighted by Crippen LogP contribution is 2.25. The lowest BCUT2D eigenvalue weighted by Gasteiger charge is -1.98. The molecule has 3 aromatic rings. The van der Waals surface area contributed by atoms with Crippen LogP contribution in [0.25, 0.3) is 22.9 Å². The summed E-state index contributed by atoms with van der Waals surface area (Å²) in [4.78, 5) is 0. The number of halogens is 1. The normalized spacial score (nSPS) is 10.6. The van der Waals surface area contributed by atoms with Crippen molar-refractivity contribution in [2.75, 3.05) is 5.73 Å². The van der Waals surface area contributed by atoms with Crippen molar-refractivity contribution >= 4 is 5.69 Å². The van der Waals surface area contributed by atoms with Gasteiger partial charge in [0.15, 0.2) is 0 Å². The van der Waals surface area contributed by atoms with E-state index < -0.39 is 5.82 Å². The zero-order chi connectivity index (χ0) is 13.2. The van der Waals surface area contributed by atoms with Crippen molar-refractivity contribution in [1.29, 1.82) is 0 Å². The van der Waals surface area contributed by atoms with Crippen LogP contribution in [0, 0.1) is 5.82 Å². The van der Waals surface area contributed by atoms with E-state index in [9.17, 15) is 4.39 Å². The van der Waals surface area contributed by atoms with Crippen LogP contribution in [0.4, 0.5) is 10.1 Å². The van der Waals surface area contributed by atoms with Gasteiger partial charge in [0.05, 0.1) is 5.69 Å². The molecule has 1 heterocycles. The van der Waals surface area contributed by atoms with E-state index in [1.165, 1.54) is 12.1 Å². The average Bonchev–Trinajstić information content (AvgIpc) is 2.93. The molecule has 0 radical (unpaired) electrons. The molecule has 0 saturated carbocycles. The van der Waals surface area contributed by atoms with Crippen LogP contribution in [-0.4, -0.2) is 10.2 Å². The lowest BCUT2D eigenvalue weighted by Crippen LogP contribution is -1.90. The van der Waals surface area contributed by atoms with Gasteiger partial charge in [-0.2, -0.15) is 0 Å². The minimum atomic E-state index is -0.503. The molecule has 0 spiro atoms. The summed E-state index contributed by atoms with van der Waals surface area (Å²) in [7, 11) is 0. The van der Waals surface area contributed by atoms with Crippen LogP contribution in [0.15, 0.2) is 52.9 Å². The fourth-order valence-corrected chi connectivity index (χ4v) is 1.70. The first-order valence-electron chi connectivity index (χ1n) is 5.68. The van der Waals surface area contributed by atoms with E-state index in [4.69, 9.17) is 10.2 Å². The first kappa shape index (κ1) is 11.4. The van der Waals surface area contributed by atoms with Crippen LogP contribution in [-0.2, 0) is 0 Å². The Morgan fingerprint density at radius 3 is 2.26 bits per heavy atom. The molecule has 0 saturated heterocycles. The molecule has 0 aliphatic rings. The topological polar surface area (TPSA) is 64.9 Å². The molecule has 94 valence electrons. The van der Waals surface area contributed by atoms with Gasteiger partial charge in [-0.1, -0.05) is 18.2 Å². The number of rotatable bonds is 2. The highest BCUT2D eigenvalue weighted by Gasteiger charge is 2.11. The zero-order valence-electron chi connectivity index (χ0n) is 9.88. The number of hydrogen-bond donors (Lipinski definition) is 1. The smallest absolute Gasteiger partial charge is 0.248 e. The maximum atomic E-state index is 13.4. The van der Waals surface area contributed by atoms with E-state index >= 15 is 0 Å². The van der Waals surface area contributed by atoms with Crippen molar-refractivity contribution in [3.8, 4) is 22.9 Å². The van der Waals surface area contributed by atoms with Gasteiger partial charge in [0.25, 0.3) is 0 Å². The van der Waals surface area contributed by atoms with E-state index in [1.807, 2.05) is 30.3 Å². The Kier molecular flexibility index (Phi) is 2.72. The number of nitrogen functional groups attached to an aromatic ring is 1. The summed E-state index contributed by atoms with van der Waals surface area (Å²) < 4.78 is 18.9. The minimum absolute atomic E-state index is 0.0894. The number of nitrogens with two attached hydrogens (primary N) is 1. The molecular formula is C14H10FN3O. The van der Waals surface area contributed by atoms with Crippen LogP contribution in [0.2, 0.25) is 0 Å². The van der Waals surface area contributed by atoms with Crippen LogP contribution in [0.3, 0.4) is 0 Å². The van der Waals surface area contributed by atoms with Gasteiger partial charge in [0, 0.05) is 11.1 Å². The number of hydrogen-bond acceptors (Lipinski definition) is 4. The third kappa shape index (κ3) is 2.18. The molecule has 2 aromatic carbocycles. The fraction of sp³-hybridized carbons (Fsp3) is 0. The molecule has 0 unspecified atom stereocenters. The summed E-state index contributed by atoms with van der Waals surface area (Å²) in [5.74, 6) is 0.155. The molecule has 19 heavy (non-hydrogen) atoms. The monoisotopic (exact) mass is 255 g/mol. The third-order valence-electron chi connectivity index (χ3n) is 2.69. The predicted octanol–water partition coefficient (Wildman–Crippen LogP) is 3.12. The van der Waals surface area contributed by atoms with Crippen molar-refractivity contribution < 1.29 is 8.81 Å². The Morgan fingerprint density at radius 1 is 0.895 bits per heavy atom. The Labute approximate surface area is 108 Å². The molecule has 2 N–H and O–H groups in total. The van der Waals surface area contributed by atoms with Crippen LogP contribution >= 0.6 is 0 Å². The molecule has 0 amide bonds. The highest BCUT2D eigenvalue weighted by molar-refractivity contribution is 5.60. The first-order valence-corrected chi connectivity index (χ1v) is 5.68. The zero-order valence-corrected chi connectivity index (χ0v) is 9.88. The Balaban J connectivity index is 1.99. The summed E-state index contributed by atoms with van der Waals surface area (Å²) in [6, 6.07) is 13.8. The van der Waals surface area contributed by atoms with Crippen molar-refractivity contribution in [3.05, 3.63) is 54.3 Å². The largest absolute Gasteiger partial charge is 0.416 e. The Bertz CT molecular complexity index is 710. The van der Waals surface area contributed by atoms with Crippen molar-refractivity contribution in [2.24, 2.45) is 0 Å². The molecule has 0 atom stereocenters. The lowest BCUT2D eigenvalue weighted by molar-refractivity contribution is 0.582. The van der Waals surface area contributed by atoms with E-state index in [-0.39, 0.29) is 11.6 Å². The molecule has 1 aromatic heterocycles. The van der Waals surface area contributed by atoms with Gasteiger partial charge in [0.1, 0.15) is 5.82 Å². The van der Waals surface area contributed by atoms with Gasteiger partial charge in [-0.3, -0.25) is 0 Å². The van der Waals surface area contributed by atoms with Gasteiger partial charge < -0.3 is 10.2 Å². The van der Waals surface area contributed by atoms with Gasteiger partial charge in [-0.05, 0) is 30.3 Å². The predicted molar refractivity (Wildman–Crippen MR) is 69.5 cm³/mol. The standard InChI is InChI=1S/C14H10FN3O/c15-11-8-10(6-7-12(11)16)14-18-17-13(19-14)9-4-2-1-3-5-9/h1-8H,16H2. The number of nitrogens with zero attached hydrogens (tertiary/aromatic N) is 2. The lowest BCUT2D eigenvalue weighted by atomic mass is 10.2. The quantitative estimate of drug-likeness (QED) is 0.714. The summed E-state index contributed by atoms with van der Waals surface area (Å²) in [5, 5.41) is 7.85. The molecule has 0 aliphatic carbocycles. The second kappa shape index (κ2) is 4.53. The molecule has 5 heteroatoms. The number of anilines is 1. The van der Waals surface area contributed by atoms with Crippen LogP contribution in [0.5, 0.6) is 0 Å². The number of benzene rings is 2. The van der Waals surface area contributed by atoms with Gasteiger partial charge in [-0.25, -0.2) is 4.39 Å². The SMILES string of the molecule is Nc1ccc(-c2nnc(-c3ccccc3)o2)cc1F. The van der Waals surface area contributed by atoms with Gasteiger partial charge in [-0.15, -0.1) is 10.2 Å². The Hall–Kier alpha value is -2.69. The fourth-order valence-electron chi connectivity index (χ4n) is 1.70. The summed E-state index contributed by atoms with van der Waals surface area (Å²) >= 11 is 0. The van der Waals surface area contributed by atoms with Crippen LogP contribution in [0.1, 0.15) is 0 Å². The summed E-state index contributed by atoms with van der Waals surface area (Å²) in [5.41, 5.74) is 6.83. The van der Waals surface area contributed by atoms with Crippen LogP contribution < -0.4 is 5.73 Å². The highest BCUT2D eigenvalue weighted by atomic mass is 19.1. The molecule has 3 rings (SSSR count). The maximum absolute atomic E-state index is 13.4. The Morgan fingerprint density at radius 2 is 1.58 bits per heavy atom. The van der Waals surface area contributed by atoms with Crippen molar-refractivity contribution in [2.45, 2.75) is 0 Å². The van der Waals surface area contributed by atoms with E-state index in [0.717, 1.165) is 5.56 Å². The minimum Gasteiger partial charge on any atom is -0.416 e. The molecule has 0 fully saturated rings. The second-order valence-corrected chi connectivity index (χ2v) is 4.01. The third-order valence-corrected chi connectivity index (χ3v) is 2.69. The average molecular weight is 255 g/mol. The second-order valence-electron chi connectivity index (χ2n) is 4.01. The first-order chi connectivity index (χ1) is 9.24. The van der Waals surface area contributed by atoms with E-state index in [2.05, 4.69) is 10.2 Å². The van der Waals surface area contributed by atoms with E-state index in [0.29, 0.717) is 11.5 Å². The molecular weight excluding hydrogens is 245 g/mol. The van der Waals surface area contributed by atoms with Crippen molar-refractivity contribution in [1.82, 2.24) is 10.2 Å². The molecule has 4 nitrogen and oxygen atoms in total. The van der Waals surface area contributed by atoms with Gasteiger partial charge >= 0.3 is 0 Å².